The lowest BCUT2D eigenvalue weighted by Crippen LogP contribution is -2.56. The van der Waals surface area contributed by atoms with Crippen molar-refractivity contribution >= 4 is 22.7 Å². The zero-order valence-electron chi connectivity index (χ0n) is 22.7. The summed E-state index contributed by atoms with van der Waals surface area (Å²) in [7, 11) is 0. The summed E-state index contributed by atoms with van der Waals surface area (Å²) in [6.07, 6.45) is 10.8. The van der Waals surface area contributed by atoms with Crippen LogP contribution in [0.25, 0.3) is 10.9 Å². The second-order valence-corrected chi connectivity index (χ2v) is 12.3. The smallest absolute Gasteiger partial charge is 0.242 e. The average molecular weight is 512 g/mol. The standard InChI is InChI=1S/C33H41N3O2/c1-2-13-36(32(38)33-18-25-15-26(19-33)17-27(16-25)20-33)23-31(37)35(22-24-8-4-3-5-9-24)14-12-28-21-34-30-11-7-6-10-29(28)30/h3-11,21,25-27,34H,2,12-20,22-23H2,1H3. The Labute approximate surface area is 226 Å². The van der Waals surface area contributed by atoms with Crippen molar-refractivity contribution in [2.45, 2.75) is 64.8 Å². The molecule has 38 heavy (non-hydrogen) atoms. The summed E-state index contributed by atoms with van der Waals surface area (Å²) in [5.41, 5.74) is 3.26. The molecule has 2 amide bonds. The molecule has 5 nitrogen and oxygen atoms in total. The molecule has 0 spiro atoms. The predicted octanol–water partition coefficient (Wildman–Crippen LogP) is 6.19. The summed E-state index contributed by atoms with van der Waals surface area (Å²) in [6, 6.07) is 18.5. The van der Waals surface area contributed by atoms with Crippen molar-refractivity contribution in [3.05, 3.63) is 71.9 Å². The van der Waals surface area contributed by atoms with Crippen molar-refractivity contribution < 1.29 is 9.59 Å². The summed E-state index contributed by atoms with van der Waals surface area (Å²) in [6.45, 7) is 4.15. The van der Waals surface area contributed by atoms with E-state index in [1.165, 1.54) is 30.2 Å². The van der Waals surface area contributed by atoms with Gasteiger partial charge in [-0.15, -0.1) is 0 Å². The fourth-order valence-electron chi connectivity index (χ4n) is 8.18. The van der Waals surface area contributed by atoms with Crippen LogP contribution in [0, 0.1) is 23.2 Å². The van der Waals surface area contributed by atoms with Gasteiger partial charge in [0.25, 0.3) is 0 Å². The molecule has 3 aromatic rings. The molecular formula is C33H41N3O2. The lowest BCUT2D eigenvalue weighted by Gasteiger charge is -2.56. The normalized spacial score (nSPS) is 25.6. The molecule has 0 unspecified atom stereocenters. The molecule has 4 saturated carbocycles. The summed E-state index contributed by atoms with van der Waals surface area (Å²) in [4.78, 5) is 35.3. The number of nitrogens with zero attached hydrogens (tertiary/aromatic N) is 2. The van der Waals surface area contributed by atoms with Crippen LogP contribution in [0.1, 0.15) is 63.0 Å². The first-order valence-electron chi connectivity index (χ1n) is 14.7. The average Bonchev–Trinajstić information content (AvgIpc) is 3.33. The third-order valence-corrected chi connectivity index (χ3v) is 9.49. The highest BCUT2D eigenvalue weighted by Gasteiger charge is 2.55. The molecule has 1 heterocycles. The van der Waals surface area contributed by atoms with E-state index in [1.54, 1.807) is 0 Å². The number of aromatic amines is 1. The highest BCUT2D eigenvalue weighted by molar-refractivity contribution is 5.88. The van der Waals surface area contributed by atoms with Crippen LogP contribution in [0.4, 0.5) is 0 Å². The number of nitrogens with one attached hydrogen (secondary N) is 1. The molecule has 4 fully saturated rings. The first kappa shape index (κ1) is 25.2. The van der Waals surface area contributed by atoms with E-state index in [2.05, 4.69) is 48.4 Å². The Morgan fingerprint density at radius 2 is 1.53 bits per heavy atom. The SMILES string of the molecule is CCCN(CC(=O)N(CCc1c[nH]c2ccccc12)Cc1ccccc1)C(=O)C12CC3CC(CC(C3)C1)C2. The van der Waals surface area contributed by atoms with Crippen molar-refractivity contribution in [2.75, 3.05) is 19.6 Å². The fraction of sp³-hybridized carbons (Fsp3) is 0.515. The number of amides is 2. The molecule has 2 aromatic carbocycles. The van der Waals surface area contributed by atoms with Crippen molar-refractivity contribution in [1.29, 1.82) is 0 Å². The van der Waals surface area contributed by atoms with Gasteiger partial charge in [0, 0.05) is 36.7 Å². The minimum absolute atomic E-state index is 0.0558. The Balaban J connectivity index is 1.20. The number of carbonyl (C=O) groups excluding carboxylic acids is 2. The summed E-state index contributed by atoms with van der Waals surface area (Å²) < 4.78 is 0. The van der Waals surface area contributed by atoms with Gasteiger partial charge in [-0.05, 0) is 86.3 Å². The van der Waals surface area contributed by atoms with E-state index in [9.17, 15) is 9.59 Å². The molecule has 5 heteroatoms. The van der Waals surface area contributed by atoms with E-state index in [0.717, 1.165) is 60.9 Å². The van der Waals surface area contributed by atoms with Gasteiger partial charge in [-0.25, -0.2) is 0 Å². The molecule has 0 aliphatic heterocycles. The second-order valence-electron chi connectivity index (χ2n) is 12.3. The Kier molecular flexibility index (Phi) is 7.03. The van der Waals surface area contributed by atoms with Gasteiger partial charge in [0.1, 0.15) is 0 Å². The Morgan fingerprint density at radius 1 is 0.868 bits per heavy atom. The molecule has 200 valence electrons. The predicted molar refractivity (Wildman–Crippen MR) is 151 cm³/mol. The lowest BCUT2D eigenvalue weighted by atomic mass is 9.49. The highest BCUT2D eigenvalue weighted by Crippen LogP contribution is 2.60. The number of rotatable bonds is 10. The number of hydrogen-bond acceptors (Lipinski definition) is 2. The van der Waals surface area contributed by atoms with Gasteiger partial charge in [0.2, 0.25) is 11.8 Å². The van der Waals surface area contributed by atoms with Crippen molar-refractivity contribution in [3.8, 4) is 0 Å². The van der Waals surface area contributed by atoms with E-state index in [1.807, 2.05) is 34.1 Å². The van der Waals surface area contributed by atoms with E-state index in [0.29, 0.717) is 19.6 Å². The molecule has 1 N–H and O–H groups in total. The molecular weight excluding hydrogens is 470 g/mol. The molecule has 1 aromatic heterocycles. The van der Waals surface area contributed by atoms with Crippen LogP contribution in [-0.4, -0.2) is 46.2 Å². The zero-order valence-corrected chi connectivity index (χ0v) is 22.7. The number of carbonyl (C=O) groups is 2. The highest BCUT2D eigenvalue weighted by atomic mass is 16.2. The van der Waals surface area contributed by atoms with Crippen LogP contribution in [0.3, 0.4) is 0 Å². The second kappa shape index (κ2) is 10.6. The fourth-order valence-corrected chi connectivity index (χ4v) is 8.18. The largest absolute Gasteiger partial charge is 0.361 e. The molecule has 4 aliphatic carbocycles. The van der Waals surface area contributed by atoms with Crippen LogP contribution in [0.15, 0.2) is 60.8 Å². The Bertz CT molecular complexity index is 1240. The number of H-pyrrole nitrogens is 1. The van der Waals surface area contributed by atoms with E-state index in [-0.39, 0.29) is 23.8 Å². The monoisotopic (exact) mass is 511 g/mol. The molecule has 4 aliphatic rings. The van der Waals surface area contributed by atoms with Crippen LogP contribution < -0.4 is 0 Å². The van der Waals surface area contributed by atoms with Crippen molar-refractivity contribution in [3.63, 3.8) is 0 Å². The van der Waals surface area contributed by atoms with Gasteiger partial charge in [0.05, 0.1) is 12.0 Å². The van der Waals surface area contributed by atoms with Crippen LogP contribution in [0.2, 0.25) is 0 Å². The molecule has 4 bridgehead atoms. The topological polar surface area (TPSA) is 56.4 Å². The summed E-state index contributed by atoms with van der Waals surface area (Å²) in [5, 5.41) is 1.21. The third-order valence-electron chi connectivity index (χ3n) is 9.49. The van der Waals surface area contributed by atoms with Gasteiger partial charge >= 0.3 is 0 Å². The van der Waals surface area contributed by atoms with Crippen molar-refractivity contribution in [1.82, 2.24) is 14.8 Å². The van der Waals surface area contributed by atoms with E-state index >= 15 is 0 Å². The van der Waals surface area contributed by atoms with Crippen molar-refractivity contribution in [2.24, 2.45) is 23.2 Å². The van der Waals surface area contributed by atoms with E-state index < -0.39 is 0 Å². The minimum atomic E-state index is -0.210. The van der Waals surface area contributed by atoms with E-state index in [4.69, 9.17) is 0 Å². The van der Waals surface area contributed by atoms with Gasteiger partial charge in [-0.3, -0.25) is 9.59 Å². The third kappa shape index (κ3) is 5.00. The number of aromatic nitrogens is 1. The Morgan fingerprint density at radius 3 is 2.21 bits per heavy atom. The van der Waals surface area contributed by atoms with Crippen LogP contribution >= 0.6 is 0 Å². The minimum Gasteiger partial charge on any atom is -0.361 e. The molecule has 7 rings (SSSR count). The maximum atomic E-state index is 14.1. The van der Waals surface area contributed by atoms with Gasteiger partial charge in [0.15, 0.2) is 0 Å². The van der Waals surface area contributed by atoms with Crippen LogP contribution in [0.5, 0.6) is 0 Å². The molecule has 0 saturated heterocycles. The number of hydrogen-bond donors (Lipinski definition) is 1. The maximum Gasteiger partial charge on any atom is 0.242 e. The lowest BCUT2D eigenvalue weighted by molar-refractivity contribution is -0.160. The summed E-state index contributed by atoms with van der Waals surface area (Å²) >= 11 is 0. The first-order valence-corrected chi connectivity index (χ1v) is 14.7. The quantitative estimate of drug-likeness (QED) is 0.353. The number of benzene rings is 2. The number of para-hydroxylation sites is 1. The molecule has 0 radical (unpaired) electrons. The van der Waals surface area contributed by atoms with Gasteiger partial charge in [-0.1, -0.05) is 55.5 Å². The molecule has 0 atom stereocenters. The Hall–Kier alpha value is -3.08. The summed E-state index contributed by atoms with van der Waals surface area (Å²) in [5.74, 6) is 2.48. The number of fused-ring (bicyclic) bond motifs is 1. The zero-order chi connectivity index (χ0) is 26.1. The van der Waals surface area contributed by atoms with Gasteiger partial charge < -0.3 is 14.8 Å². The van der Waals surface area contributed by atoms with Gasteiger partial charge in [-0.2, -0.15) is 0 Å². The first-order chi connectivity index (χ1) is 18.5. The van der Waals surface area contributed by atoms with Crippen LogP contribution in [-0.2, 0) is 22.6 Å². The maximum absolute atomic E-state index is 14.1.